The van der Waals surface area contributed by atoms with Crippen molar-refractivity contribution in [2.24, 2.45) is 0 Å². The first-order chi connectivity index (χ1) is 13.0. The Hall–Kier alpha value is -2.61. The van der Waals surface area contributed by atoms with Gasteiger partial charge >= 0.3 is 0 Å². The highest BCUT2D eigenvalue weighted by molar-refractivity contribution is 6.01. The maximum Gasteiger partial charge on any atom is 0.170 e. The third-order valence-electron chi connectivity index (χ3n) is 5.97. The van der Waals surface area contributed by atoms with Crippen molar-refractivity contribution < 1.29 is 9.53 Å². The van der Waals surface area contributed by atoms with Gasteiger partial charge in [0, 0.05) is 0 Å². The van der Waals surface area contributed by atoms with Crippen LogP contribution in [0.4, 0.5) is 0 Å². The SMILES string of the molecule is CCC1(CC)CC(=O)c2cc(C3=CC(c4cccc(C)c4)=CC3)ccc2O1. The molecule has 0 spiro atoms. The summed E-state index contributed by atoms with van der Waals surface area (Å²) in [5.74, 6) is 0.941. The van der Waals surface area contributed by atoms with Crippen LogP contribution in [-0.2, 0) is 0 Å². The first kappa shape index (κ1) is 17.8. The molecule has 2 nitrogen and oxygen atoms in total. The molecule has 1 heterocycles. The summed E-state index contributed by atoms with van der Waals surface area (Å²) in [6.07, 6.45) is 7.58. The topological polar surface area (TPSA) is 26.3 Å². The van der Waals surface area contributed by atoms with Gasteiger partial charge in [0.25, 0.3) is 0 Å². The molecular formula is C25H26O2. The van der Waals surface area contributed by atoms with Gasteiger partial charge < -0.3 is 4.74 Å². The molecule has 2 aromatic carbocycles. The molecule has 0 saturated carbocycles. The summed E-state index contributed by atoms with van der Waals surface area (Å²) in [6.45, 7) is 6.31. The zero-order valence-electron chi connectivity index (χ0n) is 16.3. The van der Waals surface area contributed by atoms with Crippen molar-refractivity contribution in [1.29, 1.82) is 0 Å². The van der Waals surface area contributed by atoms with Crippen LogP contribution < -0.4 is 4.74 Å². The second-order valence-corrected chi connectivity index (χ2v) is 7.71. The van der Waals surface area contributed by atoms with E-state index in [0.717, 1.165) is 36.1 Å². The van der Waals surface area contributed by atoms with Crippen LogP contribution in [-0.4, -0.2) is 11.4 Å². The summed E-state index contributed by atoms with van der Waals surface area (Å²) >= 11 is 0. The second kappa shape index (κ2) is 6.84. The molecule has 0 saturated heterocycles. The van der Waals surface area contributed by atoms with Gasteiger partial charge in [0.05, 0.1) is 12.0 Å². The van der Waals surface area contributed by atoms with Crippen LogP contribution in [0, 0.1) is 6.92 Å². The van der Waals surface area contributed by atoms with E-state index in [4.69, 9.17) is 4.74 Å². The van der Waals surface area contributed by atoms with Gasteiger partial charge in [0.2, 0.25) is 0 Å². The molecular weight excluding hydrogens is 332 g/mol. The number of allylic oxidation sites excluding steroid dienone is 4. The number of rotatable bonds is 4. The van der Waals surface area contributed by atoms with Crippen molar-refractivity contribution >= 4 is 16.9 Å². The van der Waals surface area contributed by atoms with Crippen LogP contribution in [0.15, 0.2) is 54.6 Å². The van der Waals surface area contributed by atoms with Gasteiger partial charge in [0.1, 0.15) is 11.4 Å². The van der Waals surface area contributed by atoms with E-state index in [2.05, 4.69) is 63.3 Å². The third kappa shape index (κ3) is 3.25. The number of ketones is 1. The van der Waals surface area contributed by atoms with Crippen molar-refractivity contribution in [3.63, 3.8) is 0 Å². The fourth-order valence-electron chi connectivity index (χ4n) is 4.09. The Balaban J connectivity index is 1.63. The Morgan fingerprint density at radius 2 is 1.85 bits per heavy atom. The van der Waals surface area contributed by atoms with Crippen LogP contribution in [0.5, 0.6) is 5.75 Å². The van der Waals surface area contributed by atoms with Crippen LogP contribution in [0.2, 0.25) is 0 Å². The summed E-state index contributed by atoms with van der Waals surface area (Å²) in [4.78, 5) is 12.8. The Morgan fingerprint density at radius 1 is 1.04 bits per heavy atom. The molecule has 0 unspecified atom stereocenters. The van der Waals surface area contributed by atoms with E-state index < -0.39 is 0 Å². The molecule has 2 aliphatic rings. The Labute approximate surface area is 161 Å². The molecule has 27 heavy (non-hydrogen) atoms. The molecule has 138 valence electrons. The molecule has 1 aliphatic heterocycles. The van der Waals surface area contributed by atoms with E-state index in [0.29, 0.717) is 6.42 Å². The smallest absolute Gasteiger partial charge is 0.170 e. The zero-order chi connectivity index (χ0) is 19.0. The molecule has 1 aliphatic carbocycles. The monoisotopic (exact) mass is 358 g/mol. The average Bonchev–Trinajstić information content (AvgIpc) is 3.18. The minimum Gasteiger partial charge on any atom is -0.486 e. The van der Waals surface area contributed by atoms with Gasteiger partial charge in [-0.2, -0.15) is 0 Å². The largest absolute Gasteiger partial charge is 0.486 e. The molecule has 0 bridgehead atoms. The molecule has 0 fully saturated rings. The summed E-state index contributed by atoms with van der Waals surface area (Å²) < 4.78 is 6.26. The van der Waals surface area contributed by atoms with Crippen LogP contribution in [0.25, 0.3) is 11.1 Å². The predicted octanol–water partition coefficient (Wildman–Crippen LogP) is 6.39. The molecule has 4 rings (SSSR count). The molecule has 0 amide bonds. The number of benzene rings is 2. The lowest BCUT2D eigenvalue weighted by molar-refractivity contribution is 0.0350. The maximum atomic E-state index is 12.8. The van der Waals surface area contributed by atoms with Crippen molar-refractivity contribution in [3.8, 4) is 5.75 Å². The van der Waals surface area contributed by atoms with E-state index in [1.165, 1.54) is 22.3 Å². The number of Topliss-reactive ketones (excluding diaryl/α,β-unsaturated/α-hetero) is 1. The van der Waals surface area contributed by atoms with Gasteiger partial charge in [0.15, 0.2) is 5.78 Å². The van der Waals surface area contributed by atoms with Crippen molar-refractivity contribution in [3.05, 3.63) is 76.9 Å². The van der Waals surface area contributed by atoms with Crippen molar-refractivity contribution in [1.82, 2.24) is 0 Å². The number of fused-ring (bicyclic) bond motifs is 1. The number of carbonyl (C=O) groups is 1. The number of carbonyl (C=O) groups excluding carboxylic acids is 1. The molecule has 0 N–H and O–H groups in total. The highest BCUT2D eigenvalue weighted by atomic mass is 16.5. The summed E-state index contributed by atoms with van der Waals surface area (Å²) in [7, 11) is 0. The van der Waals surface area contributed by atoms with Gasteiger partial charge in [-0.1, -0.05) is 61.9 Å². The summed E-state index contributed by atoms with van der Waals surface area (Å²) in [5, 5.41) is 0. The maximum absolute atomic E-state index is 12.8. The van der Waals surface area contributed by atoms with Gasteiger partial charge in [-0.15, -0.1) is 0 Å². The third-order valence-corrected chi connectivity index (χ3v) is 5.97. The van der Waals surface area contributed by atoms with Crippen LogP contribution >= 0.6 is 0 Å². The van der Waals surface area contributed by atoms with Crippen molar-refractivity contribution in [2.45, 2.75) is 52.1 Å². The van der Waals surface area contributed by atoms with E-state index >= 15 is 0 Å². The van der Waals surface area contributed by atoms with E-state index in [-0.39, 0.29) is 11.4 Å². The highest BCUT2D eigenvalue weighted by Crippen LogP contribution is 2.40. The number of hydrogen-bond donors (Lipinski definition) is 0. The number of ether oxygens (including phenoxy) is 1. The van der Waals surface area contributed by atoms with Gasteiger partial charge in [-0.05, 0) is 60.6 Å². The molecule has 0 aromatic heterocycles. The lowest BCUT2D eigenvalue weighted by Crippen LogP contribution is -2.40. The van der Waals surface area contributed by atoms with E-state index in [1.807, 2.05) is 12.1 Å². The minimum atomic E-state index is -0.335. The van der Waals surface area contributed by atoms with E-state index in [9.17, 15) is 4.79 Å². The lowest BCUT2D eigenvalue weighted by atomic mass is 9.85. The Morgan fingerprint density at radius 3 is 2.59 bits per heavy atom. The lowest BCUT2D eigenvalue weighted by Gasteiger charge is -2.36. The molecule has 0 radical (unpaired) electrons. The van der Waals surface area contributed by atoms with Gasteiger partial charge in [-0.25, -0.2) is 0 Å². The van der Waals surface area contributed by atoms with Crippen LogP contribution in [0.1, 0.15) is 66.6 Å². The number of hydrogen-bond acceptors (Lipinski definition) is 2. The Kier molecular flexibility index (Phi) is 4.51. The predicted molar refractivity (Wildman–Crippen MR) is 111 cm³/mol. The minimum absolute atomic E-state index is 0.201. The number of aryl methyl sites for hydroxylation is 1. The standard InChI is InChI=1S/C25H26O2/c1-4-25(5-2)16-23(26)22-15-21(11-12-24(22)27-25)20-10-9-19(14-20)18-8-6-7-17(3)13-18/h6-9,11-15H,4-5,10,16H2,1-3H3. The second-order valence-electron chi connectivity index (χ2n) is 7.71. The fourth-order valence-corrected chi connectivity index (χ4v) is 4.09. The molecule has 2 heteroatoms. The Bertz CT molecular complexity index is 958. The average molecular weight is 358 g/mol. The van der Waals surface area contributed by atoms with E-state index in [1.54, 1.807) is 0 Å². The fraction of sp³-hybridized carbons (Fsp3) is 0.320. The summed E-state index contributed by atoms with van der Waals surface area (Å²) in [6, 6.07) is 14.7. The highest BCUT2D eigenvalue weighted by Gasteiger charge is 2.37. The zero-order valence-corrected chi connectivity index (χ0v) is 16.3. The van der Waals surface area contributed by atoms with Crippen LogP contribution in [0.3, 0.4) is 0 Å². The first-order valence-electron chi connectivity index (χ1n) is 9.88. The molecule has 0 atom stereocenters. The quantitative estimate of drug-likeness (QED) is 0.633. The summed E-state index contributed by atoms with van der Waals surface area (Å²) in [5.41, 5.74) is 6.54. The van der Waals surface area contributed by atoms with Gasteiger partial charge in [-0.3, -0.25) is 4.79 Å². The first-order valence-corrected chi connectivity index (χ1v) is 9.88. The van der Waals surface area contributed by atoms with Crippen molar-refractivity contribution in [2.75, 3.05) is 0 Å². The molecule has 2 aromatic rings. The normalized spacial score (nSPS) is 17.8.